The van der Waals surface area contributed by atoms with Crippen molar-refractivity contribution in [2.24, 2.45) is 0 Å². The van der Waals surface area contributed by atoms with Crippen LogP contribution in [0.5, 0.6) is 0 Å². The molecule has 0 saturated heterocycles. The minimum absolute atomic E-state index is 0.151. The predicted molar refractivity (Wildman–Crippen MR) is 122 cm³/mol. The molecule has 0 fully saturated rings. The van der Waals surface area contributed by atoms with Crippen LogP contribution in [-0.4, -0.2) is 31.3 Å². The third-order valence-electron chi connectivity index (χ3n) is 4.34. The standard InChI is InChI=1S/C21H19ClN4O2S2/c1-13-2-7-17-18(8-13)30-20(24-17)25-19(28)12-29-21-23-16(11-27)10-26(21)9-14-3-5-15(22)6-4-14/h2-8,10,27H,9,11-12H2,1H3,(H,24,25,28). The zero-order chi connectivity index (χ0) is 21.1. The molecule has 2 heterocycles. The fraction of sp³-hybridized carbons (Fsp3) is 0.190. The molecule has 1 amide bonds. The Hall–Kier alpha value is -2.39. The number of aliphatic hydroxyl groups is 1. The van der Waals surface area contributed by atoms with Gasteiger partial charge in [-0.1, -0.05) is 52.9 Å². The molecule has 154 valence electrons. The highest BCUT2D eigenvalue weighted by atomic mass is 35.5. The Morgan fingerprint density at radius 2 is 2.03 bits per heavy atom. The Kier molecular flexibility index (Phi) is 6.38. The van der Waals surface area contributed by atoms with Gasteiger partial charge >= 0.3 is 0 Å². The van der Waals surface area contributed by atoms with E-state index < -0.39 is 0 Å². The predicted octanol–water partition coefficient (Wildman–Crippen LogP) is 4.73. The minimum Gasteiger partial charge on any atom is -0.390 e. The number of fused-ring (bicyclic) bond motifs is 1. The molecule has 0 aliphatic carbocycles. The Morgan fingerprint density at radius 1 is 1.23 bits per heavy atom. The number of anilines is 1. The molecule has 0 radical (unpaired) electrons. The number of aromatic nitrogens is 3. The summed E-state index contributed by atoms with van der Waals surface area (Å²) in [6.07, 6.45) is 1.80. The first kappa shape index (κ1) is 20.9. The maximum atomic E-state index is 12.4. The molecular weight excluding hydrogens is 440 g/mol. The summed E-state index contributed by atoms with van der Waals surface area (Å²) in [6, 6.07) is 13.6. The smallest absolute Gasteiger partial charge is 0.236 e. The van der Waals surface area contributed by atoms with Crippen LogP contribution >= 0.6 is 34.7 Å². The van der Waals surface area contributed by atoms with Gasteiger partial charge in [-0.05, 0) is 42.3 Å². The molecule has 9 heteroatoms. The molecule has 0 aliphatic rings. The number of thioether (sulfide) groups is 1. The normalized spacial score (nSPS) is 11.2. The molecule has 30 heavy (non-hydrogen) atoms. The van der Waals surface area contributed by atoms with Gasteiger partial charge in [-0.3, -0.25) is 4.79 Å². The van der Waals surface area contributed by atoms with Crippen LogP contribution in [0.15, 0.2) is 53.8 Å². The van der Waals surface area contributed by atoms with Crippen LogP contribution in [0.25, 0.3) is 10.2 Å². The van der Waals surface area contributed by atoms with E-state index in [4.69, 9.17) is 11.6 Å². The number of aryl methyl sites for hydroxylation is 1. The van der Waals surface area contributed by atoms with E-state index >= 15 is 0 Å². The summed E-state index contributed by atoms with van der Waals surface area (Å²) in [7, 11) is 0. The number of nitrogens with one attached hydrogen (secondary N) is 1. The molecule has 6 nitrogen and oxygen atoms in total. The zero-order valence-electron chi connectivity index (χ0n) is 16.1. The van der Waals surface area contributed by atoms with Gasteiger partial charge in [0.05, 0.1) is 28.3 Å². The van der Waals surface area contributed by atoms with E-state index in [0.717, 1.165) is 21.3 Å². The van der Waals surface area contributed by atoms with Gasteiger partial charge in [0.1, 0.15) is 0 Å². The summed E-state index contributed by atoms with van der Waals surface area (Å²) in [4.78, 5) is 21.3. The third kappa shape index (κ3) is 5.02. The molecule has 4 rings (SSSR count). The molecule has 0 bridgehead atoms. The number of nitrogens with zero attached hydrogens (tertiary/aromatic N) is 3. The second kappa shape index (κ2) is 9.18. The summed E-state index contributed by atoms with van der Waals surface area (Å²) >= 11 is 8.73. The van der Waals surface area contributed by atoms with Crippen molar-refractivity contribution in [3.05, 3.63) is 70.5 Å². The largest absolute Gasteiger partial charge is 0.390 e. The number of carbonyl (C=O) groups excluding carboxylic acids is 1. The van der Waals surface area contributed by atoms with Gasteiger partial charge in [0, 0.05) is 17.8 Å². The van der Waals surface area contributed by atoms with Gasteiger partial charge in [0.15, 0.2) is 10.3 Å². The molecule has 0 atom stereocenters. The molecule has 2 N–H and O–H groups in total. The number of hydrogen-bond acceptors (Lipinski definition) is 6. The number of halogens is 1. The second-order valence-corrected chi connectivity index (χ2v) is 9.16. The van der Waals surface area contributed by atoms with Gasteiger partial charge in [-0.15, -0.1) is 0 Å². The van der Waals surface area contributed by atoms with Crippen molar-refractivity contribution in [3.63, 3.8) is 0 Å². The number of carbonyl (C=O) groups is 1. The van der Waals surface area contributed by atoms with Crippen LogP contribution in [0.1, 0.15) is 16.8 Å². The van der Waals surface area contributed by atoms with Gasteiger partial charge in [0.2, 0.25) is 5.91 Å². The Morgan fingerprint density at radius 3 is 2.80 bits per heavy atom. The quantitative estimate of drug-likeness (QED) is 0.391. The van der Waals surface area contributed by atoms with Crippen molar-refractivity contribution in [3.8, 4) is 0 Å². The van der Waals surface area contributed by atoms with E-state index in [1.54, 1.807) is 6.20 Å². The molecule has 0 spiro atoms. The van der Waals surface area contributed by atoms with Crippen LogP contribution in [0.3, 0.4) is 0 Å². The van der Waals surface area contributed by atoms with Crippen molar-refractivity contribution >= 4 is 56.0 Å². The highest BCUT2D eigenvalue weighted by Crippen LogP contribution is 2.27. The topological polar surface area (TPSA) is 80.0 Å². The van der Waals surface area contributed by atoms with Crippen molar-refractivity contribution in [2.75, 3.05) is 11.1 Å². The van der Waals surface area contributed by atoms with Crippen LogP contribution in [0.2, 0.25) is 5.02 Å². The van der Waals surface area contributed by atoms with Gasteiger partial charge in [-0.25, -0.2) is 9.97 Å². The Balaban J connectivity index is 1.42. The second-order valence-electron chi connectivity index (χ2n) is 6.75. The van der Waals surface area contributed by atoms with Gasteiger partial charge in [-0.2, -0.15) is 0 Å². The molecule has 0 saturated carbocycles. The molecule has 0 unspecified atom stereocenters. The van der Waals surface area contributed by atoms with Crippen molar-refractivity contribution in [2.45, 2.75) is 25.2 Å². The van der Waals surface area contributed by atoms with Crippen molar-refractivity contribution in [1.29, 1.82) is 0 Å². The lowest BCUT2D eigenvalue weighted by molar-refractivity contribution is -0.113. The van der Waals surface area contributed by atoms with Crippen molar-refractivity contribution < 1.29 is 9.90 Å². The fourth-order valence-electron chi connectivity index (χ4n) is 2.91. The average molecular weight is 459 g/mol. The van der Waals surface area contributed by atoms with E-state index in [-0.39, 0.29) is 18.3 Å². The lowest BCUT2D eigenvalue weighted by Crippen LogP contribution is -2.14. The molecular formula is C21H19ClN4O2S2. The maximum Gasteiger partial charge on any atom is 0.236 e. The fourth-order valence-corrected chi connectivity index (χ4v) is 4.82. The highest BCUT2D eigenvalue weighted by molar-refractivity contribution is 7.99. The summed E-state index contributed by atoms with van der Waals surface area (Å²) in [5.41, 5.74) is 3.65. The van der Waals surface area contributed by atoms with E-state index in [1.807, 2.05) is 47.9 Å². The van der Waals surface area contributed by atoms with Crippen LogP contribution in [0.4, 0.5) is 5.13 Å². The summed E-state index contributed by atoms with van der Waals surface area (Å²) in [5.74, 6) is 0.0413. The summed E-state index contributed by atoms with van der Waals surface area (Å²) < 4.78 is 2.97. The number of imidazole rings is 1. The molecule has 2 aromatic heterocycles. The number of thiazole rings is 1. The third-order valence-corrected chi connectivity index (χ3v) is 6.52. The number of rotatable bonds is 7. The molecule has 0 aliphatic heterocycles. The monoisotopic (exact) mass is 458 g/mol. The minimum atomic E-state index is -0.154. The Labute approximate surface area is 186 Å². The van der Waals surface area contributed by atoms with E-state index in [9.17, 15) is 9.90 Å². The molecule has 4 aromatic rings. The maximum absolute atomic E-state index is 12.4. The van der Waals surface area contributed by atoms with E-state index in [2.05, 4.69) is 21.4 Å². The lowest BCUT2D eigenvalue weighted by Gasteiger charge is -2.07. The van der Waals surface area contributed by atoms with Crippen molar-refractivity contribution in [1.82, 2.24) is 14.5 Å². The number of benzene rings is 2. The first-order valence-corrected chi connectivity index (χ1v) is 11.4. The number of hydrogen-bond donors (Lipinski definition) is 2. The van der Waals surface area contributed by atoms with E-state index in [1.165, 1.54) is 23.1 Å². The van der Waals surface area contributed by atoms with Gasteiger partial charge < -0.3 is 15.0 Å². The average Bonchev–Trinajstić information content (AvgIpc) is 3.30. The van der Waals surface area contributed by atoms with Crippen LogP contribution < -0.4 is 5.32 Å². The van der Waals surface area contributed by atoms with Gasteiger partial charge in [0.25, 0.3) is 0 Å². The first-order chi connectivity index (χ1) is 14.5. The van der Waals surface area contributed by atoms with E-state index in [0.29, 0.717) is 27.5 Å². The first-order valence-electron chi connectivity index (χ1n) is 9.21. The number of amides is 1. The SMILES string of the molecule is Cc1ccc2nc(NC(=O)CSc3nc(CO)cn3Cc3ccc(Cl)cc3)sc2c1. The number of aliphatic hydroxyl groups excluding tert-OH is 1. The highest BCUT2D eigenvalue weighted by Gasteiger charge is 2.13. The zero-order valence-corrected chi connectivity index (χ0v) is 18.5. The van der Waals surface area contributed by atoms with Crippen LogP contribution in [-0.2, 0) is 17.9 Å². The molecule has 2 aromatic carbocycles. The van der Waals surface area contributed by atoms with Crippen LogP contribution in [0, 0.1) is 6.92 Å². The summed E-state index contributed by atoms with van der Waals surface area (Å²) in [5, 5.41) is 14.2. The lowest BCUT2D eigenvalue weighted by atomic mass is 10.2. The summed E-state index contributed by atoms with van der Waals surface area (Å²) in [6.45, 7) is 2.45. The Bertz CT molecular complexity index is 1190.